The number of nitrogens with zero attached hydrogens (tertiary/aromatic N) is 4. The third-order valence-electron chi connectivity index (χ3n) is 3.68. The molecule has 0 unspecified atom stereocenters. The van der Waals surface area contributed by atoms with Gasteiger partial charge in [-0.2, -0.15) is 9.40 Å². The van der Waals surface area contributed by atoms with Gasteiger partial charge in [0.15, 0.2) is 0 Å². The minimum absolute atomic E-state index is 0.107. The number of aryl methyl sites for hydroxylation is 2. The van der Waals surface area contributed by atoms with E-state index in [1.165, 1.54) is 15.2 Å². The number of rotatable bonds is 3. The second-order valence-electron chi connectivity index (χ2n) is 5.48. The number of likely N-dealkylation sites (N-methyl/N-ethyl adjacent to an activating group) is 1. The summed E-state index contributed by atoms with van der Waals surface area (Å²) < 4.78 is 28.3. The van der Waals surface area contributed by atoms with Gasteiger partial charge >= 0.3 is 0 Å². The van der Waals surface area contributed by atoms with Crippen molar-refractivity contribution >= 4 is 15.9 Å². The van der Waals surface area contributed by atoms with Gasteiger partial charge in [0.05, 0.1) is 11.6 Å². The first-order valence-corrected chi connectivity index (χ1v) is 8.14. The summed E-state index contributed by atoms with van der Waals surface area (Å²) in [6.07, 6.45) is 1.48. The van der Waals surface area contributed by atoms with E-state index in [-0.39, 0.29) is 11.4 Å². The SMILES string of the molecule is Cc1nn(C)cc1S(=O)(=O)N1CCN(C)C[C@@H](C(N)=O)C1. The van der Waals surface area contributed by atoms with E-state index in [0.29, 0.717) is 25.3 Å². The van der Waals surface area contributed by atoms with Crippen molar-refractivity contribution in [2.45, 2.75) is 11.8 Å². The highest BCUT2D eigenvalue weighted by Gasteiger charge is 2.34. The van der Waals surface area contributed by atoms with Crippen LogP contribution in [-0.4, -0.2) is 66.5 Å². The van der Waals surface area contributed by atoms with Crippen LogP contribution in [0.4, 0.5) is 0 Å². The normalized spacial score (nSPS) is 22.1. The number of nitrogens with two attached hydrogens (primary N) is 1. The zero-order valence-electron chi connectivity index (χ0n) is 12.5. The average Bonchev–Trinajstić information content (AvgIpc) is 2.59. The zero-order valence-corrected chi connectivity index (χ0v) is 13.3. The van der Waals surface area contributed by atoms with Crippen LogP contribution in [-0.2, 0) is 21.9 Å². The quantitative estimate of drug-likeness (QED) is 0.752. The number of sulfonamides is 1. The van der Waals surface area contributed by atoms with Crippen molar-refractivity contribution in [2.75, 3.05) is 33.2 Å². The molecule has 1 aromatic rings. The fourth-order valence-electron chi connectivity index (χ4n) is 2.51. The van der Waals surface area contributed by atoms with Crippen LogP contribution in [0, 0.1) is 12.8 Å². The summed E-state index contributed by atoms with van der Waals surface area (Å²) in [5.41, 5.74) is 5.82. The molecule has 8 nitrogen and oxygen atoms in total. The molecule has 1 saturated heterocycles. The molecule has 1 aromatic heterocycles. The molecule has 0 bridgehead atoms. The van der Waals surface area contributed by atoms with Gasteiger partial charge in [0.25, 0.3) is 0 Å². The van der Waals surface area contributed by atoms with Crippen molar-refractivity contribution < 1.29 is 13.2 Å². The molecule has 0 spiro atoms. The summed E-state index contributed by atoms with van der Waals surface area (Å²) >= 11 is 0. The molecular weight excluding hydrogens is 294 g/mol. The number of hydrogen-bond donors (Lipinski definition) is 1. The van der Waals surface area contributed by atoms with Gasteiger partial charge in [-0.05, 0) is 14.0 Å². The molecule has 2 heterocycles. The van der Waals surface area contributed by atoms with Gasteiger partial charge < -0.3 is 10.6 Å². The molecule has 21 heavy (non-hydrogen) atoms. The Morgan fingerprint density at radius 2 is 2.00 bits per heavy atom. The lowest BCUT2D eigenvalue weighted by atomic mass is 10.1. The predicted octanol–water partition coefficient (Wildman–Crippen LogP) is -1.23. The molecule has 118 valence electrons. The van der Waals surface area contributed by atoms with E-state index in [9.17, 15) is 13.2 Å². The standard InChI is InChI=1S/C12H21N5O3S/c1-9-11(8-16(3)14-9)21(19,20)17-5-4-15(2)6-10(7-17)12(13)18/h8,10H,4-7H2,1-3H3,(H2,13,18)/t10-/m1/s1. The van der Waals surface area contributed by atoms with Gasteiger partial charge in [0, 0.05) is 39.4 Å². The number of carbonyl (C=O) groups excluding carboxylic acids is 1. The number of amides is 1. The molecule has 1 amide bonds. The van der Waals surface area contributed by atoms with E-state index < -0.39 is 21.8 Å². The van der Waals surface area contributed by atoms with Crippen molar-refractivity contribution in [2.24, 2.45) is 18.7 Å². The molecule has 0 aliphatic carbocycles. The van der Waals surface area contributed by atoms with Crippen molar-refractivity contribution in [3.05, 3.63) is 11.9 Å². The van der Waals surface area contributed by atoms with E-state index in [2.05, 4.69) is 5.10 Å². The number of carbonyl (C=O) groups is 1. The van der Waals surface area contributed by atoms with Gasteiger partial charge in [-0.25, -0.2) is 8.42 Å². The lowest BCUT2D eigenvalue weighted by molar-refractivity contribution is -0.122. The maximum atomic E-state index is 12.8. The topological polar surface area (TPSA) is 102 Å². The van der Waals surface area contributed by atoms with E-state index in [1.54, 1.807) is 14.0 Å². The number of primary amides is 1. The predicted molar refractivity (Wildman–Crippen MR) is 76.9 cm³/mol. The highest BCUT2D eigenvalue weighted by atomic mass is 32.2. The Balaban J connectivity index is 2.34. The van der Waals surface area contributed by atoms with Crippen molar-refractivity contribution in [1.29, 1.82) is 0 Å². The molecule has 2 rings (SSSR count). The van der Waals surface area contributed by atoms with Crippen LogP contribution in [0.3, 0.4) is 0 Å². The lowest BCUT2D eigenvalue weighted by Crippen LogP contribution is -2.40. The van der Waals surface area contributed by atoms with Gasteiger partial charge in [0.1, 0.15) is 4.90 Å². The zero-order chi connectivity index (χ0) is 15.8. The smallest absolute Gasteiger partial charge is 0.246 e. The molecule has 0 saturated carbocycles. The van der Waals surface area contributed by atoms with Crippen LogP contribution < -0.4 is 5.73 Å². The Morgan fingerprint density at radius 1 is 1.33 bits per heavy atom. The number of hydrogen-bond acceptors (Lipinski definition) is 5. The molecule has 1 fully saturated rings. The van der Waals surface area contributed by atoms with Crippen LogP contribution in [0.2, 0.25) is 0 Å². The minimum Gasteiger partial charge on any atom is -0.369 e. The average molecular weight is 315 g/mol. The molecule has 1 aliphatic rings. The third kappa shape index (κ3) is 3.25. The Bertz CT molecular complexity index is 639. The van der Waals surface area contributed by atoms with Crippen LogP contribution in [0.1, 0.15) is 5.69 Å². The molecule has 0 radical (unpaired) electrons. The highest BCUT2D eigenvalue weighted by molar-refractivity contribution is 7.89. The Morgan fingerprint density at radius 3 is 2.52 bits per heavy atom. The first-order chi connectivity index (χ1) is 9.71. The molecule has 9 heteroatoms. The van der Waals surface area contributed by atoms with E-state index in [0.717, 1.165) is 0 Å². The molecule has 1 atom stereocenters. The monoisotopic (exact) mass is 315 g/mol. The van der Waals surface area contributed by atoms with E-state index >= 15 is 0 Å². The summed E-state index contributed by atoms with van der Waals surface area (Å²) in [5.74, 6) is -0.990. The van der Waals surface area contributed by atoms with Crippen LogP contribution in [0.15, 0.2) is 11.1 Å². The van der Waals surface area contributed by atoms with Gasteiger partial charge in [-0.3, -0.25) is 9.48 Å². The van der Waals surface area contributed by atoms with E-state index in [4.69, 9.17) is 5.73 Å². The Labute approximate surface area is 124 Å². The van der Waals surface area contributed by atoms with Gasteiger partial charge in [0.2, 0.25) is 15.9 Å². The van der Waals surface area contributed by atoms with Crippen molar-refractivity contribution in [3.63, 3.8) is 0 Å². The van der Waals surface area contributed by atoms with Crippen LogP contribution in [0.25, 0.3) is 0 Å². The fraction of sp³-hybridized carbons (Fsp3) is 0.667. The highest BCUT2D eigenvalue weighted by Crippen LogP contribution is 2.21. The van der Waals surface area contributed by atoms with Gasteiger partial charge in [-0.15, -0.1) is 0 Å². The third-order valence-corrected chi connectivity index (χ3v) is 5.64. The molecule has 1 aliphatic heterocycles. The largest absolute Gasteiger partial charge is 0.369 e. The first-order valence-electron chi connectivity index (χ1n) is 6.70. The molecule has 2 N–H and O–H groups in total. The fourth-order valence-corrected chi connectivity index (χ4v) is 4.19. The van der Waals surface area contributed by atoms with Crippen molar-refractivity contribution in [1.82, 2.24) is 19.0 Å². The van der Waals surface area contributed by atoms with Crippen LogP contribution in [0.5, 0.6) is 0 Å². The lowest BCUT2D eigenvalue weighted by Gasteiger charge is -2.21. The first kappa shape index (κ1) is 15.9. The Hall–Kier alpha value is -1.45. The summed E-state index contributed by atoms with van der Waals surface area (Å²) in [6.45, 7) is 3.12. The minimum atomic E-state index is -3.67. The van der Waals surface area contributed by atoms with E-state index in [1.807, 2.05) is 11.9 Å². The maximum Gasteiger partial charge on any atom is 0.246 e. The second kappa shape index (κ2) is 5.74. The molecular formula is C12H21N5O3S. The number of aromatic nitrogens is 2. The Kier molecular flexibility index (Phi) is 4.35. The summed E-state index contributed by atoms with van der Waals surface area (Å²) in [7, 11) is -0.146. The maximum absolute atomic E-state index is 12.8. The van der Waals surface area contributed by atoms with Gasteiger partial charge in [-0.1, -0.05) is 0 Å². The second-order valence-corrected chi connectivity index (χ2v) is 7.38. The van der Waals surface area contributed by atoms with Crippen LogP contribution >= 0.6 is 0 Å². The summed E-state index contributed by atoms with van der Waals surface area (Å²) in [6, 6.07) is 0. The summed E-state index contributed by atoms with van der Waals surface area (Å²) in [4.78, 5) is 13.6. The van der Waals surface area contributed by atoms with Crippen molar-refractivity contribution in [3.8, 4) is 0 Å². The molecule has 0 aromatic carbocycles. The summed E-state index contributed by atoms with van der Waals surface area (Å²) in [5, 5.41) is 4.07.